The molecular formula is C13H20N4O3. The maximum absolute atomic E-state index is 10.6. The van der Waals surface area contributed by atoms with Crippen LogP contribution in [0.2, 0.25) is 0 Å². The summed E-state index contributed by atoms with van der Waals surface area (Å²) in [6, 6.07) is 5.40. The summed E-state index contributed by atoms with van der Waals surface area (Å²) >= 11 is 0. The highest BCUT2D eigenvalue weighted by Crippen LogP contribution is 2.20. The minimum Gasteiger partial charge on any atom is -0.496 e. The van der Waals surface area contributed by atoms with E-state index in [0.29, 0.717) is 37.2 Å². The van der Waals surface area contributed by atoms with Crippen LogP contribution in [-0.4, -0.2) is 30.6 Å². The fourth-order valence-corrected chi connectivity index (χ4v) is 1.73. The van der Waals surface area contributed by atoms with Crippen molar-refractivity contribution < 1.29 is 14.7 Å². The van der Waals surface area contributed by atoms with Crippen LogP contribution in [0.15, 0.2) is 23.4 Å². The SMILES string of the molecule is COc1cc(CNCCCC(N)=O)ccc1/C(N)=N/O. The molecule has 0 unspecified atom stereocenters. The lowest BCUT2D eigenvalue weighted by Crippen LogP contribution is -2.18. The molecular weight excluding hydrogens is 260 g/mol. The highest BCUT2D eigenvalue weighted by molar-refractivity contribution is 5.99. The smallest absolute Gasteiger partial charge is 0.217 e. The molecule has 0 saturated carbocycles. The maximum atomic E-state index is 10.6. The molecule has 1 rings (SSSR count). The molecule has 20 heavy (non-hydrogen) atoms. The molecule has 0 aliphatic heterocycles. The number of oxime groups is 1. The van der Waals surface area contributed by atoms with E-state index in [4.69, 9.17) is 21.4 Å². The predicted octanol–water partition coefficient (Wildman–Crippen LogP) is 0.145. The van der Waals surface area contributed by atoms with Crippen molar-refractivity contribution in [2.24, 2.45) is 16.6 Å². The van der Waals surface area contributed by atoms with Gasteiger partial charge in [0, 0.05) is 13.0 Å². The van der Waals surface area contributed by atoms with Crippen molar-refractivity contribution >= 4 is 11.7 Å². The number of amides is 1. The highest BCUT2D eigenvalue weighted by atomic mass is 16.5. The lowest BCUT2D eigenvalue weighted by molar-refractivity contribution is -0.118. The predicted molar refractivity (Wildman–Crippen MR) is 75.6 cm³/mol. The van der Waals surface area contributed by atoms with E-state index in [9.17, 15) is 4.79 Å². The molecule has 0 fully saturated rings. The number of nitrogens with one attached hydrogen (secondary N) is 1. The number of primary amides is 1. The van der Waals surface area contributed by atoms with Crippen LogP contribution in [-0.2, 0) is 11.3 Å². The van der Waals surface area contributed by atoms with E-state index in [2.05, 4.69) is 10.5 Å². The van der Waals surface area contributed by atoms with Gasteiger partial charge < -0.3 is 26.7 Å². The van der Waals surface area contributed by atoms with Gasteiger partial charge in [0.05, 0.1) is 12.7 Å². The Balaban J connectivity index is 2.58. The Hall–Kier alpha value is -2.28. The lowest BCUT2D eigenvalue weighted by atomic mass is 10.1. The zero-order chi connectivity index (χ0) is 15.0. The van der Waals surface area contributed by atoms with Crippen LogP contribution in [0.1, 0.15) is 24.0 Å². The van der Waals surface area contributed by atoms with Gasteiger partial charge in [0.2, 0.25) is 5.91 Å². The number of ether oxygens (including phenoxy) is 1. The Kier molecular flexibility index (Phi) is 6.31. The number of nitrogens with two attached hydrogens (primary N) is 2. The summed E-state index contributed by atoms with van der Waals surface area (Å²) in [4.78, 5) is 10.6. The molecule has 7 heteroatoms. The molecule has 1 aromatic carbocycles. The number of carbonyl (C=O) groups is 1. The third-order valence-corrected chi connectivity index (χ3v) is 2.76. The van der Waals surface area contributed by atoms with E-state index < -0.39 is 0 Å². The van der Waals surface area contributed by atoms with Gasteiger partial charge in [0.25, 0.3) is 0 Å². The van der Waals surface area contributed by atoms with Crippen molar-refractivity contribution in [1.82, 2.24) is 5.32 Å². The Morgan fingerprint density at radius 3 is 2.80 bits per heavy atom. The van der Waals surface area contributed by atoms with E-state index in [1.165, 1.54) is 7.11 Å². The summed E-state index contributed by atoms with van der Waals surface area (Å²) < 4.78 is 5.21. The molecule has 0 spiro atoms. The van der Waals surface area contributed by atoms with Gasteiger partial charge in [-0.25, -0.2) is 0 Å². The number of nitrogens with zero attached hydrogens (tertiary/aromatic N) is 1. The van der Waals surface area contributed by atoms with Crippen molar-refractivity contribution in [3.63, 3.8) is 0 Å². The average Bonchev–Trinajstić information content (AvgIpc) is 2.45. The van der Waals surface area contributed by atoms with Crippen LogP contribution in [0.3, 0.4) is 0 Å². The van der Waals surface area contributed by atoms with Crippen molar-refractivity contribution in [3.8, 4) is 5.75 Å². The number of hydrogen-bond donors (Lipinski definition) is 4. The Bertz CT molecular complexity index is 489. The first-order valence-electron chi connectivity index (χ1n) is 6.22. The number of amidine groups is 1. The molecule has 0 atom stereocenters. The van der Waals surface area contributed by atoms with E-state index in [-0.39, 0.29) is 11.7 Å². The maximum Gasteiger partial charge on any atom is 0.217 e. The quantitative estimate of drug-likeness (QED) is 0.177. The zero-order valence-electron chi connectivity index (χ0n) is 11.4. The van der Waals surface area contributed by atoms with Crippen molar-refractivity contribution in [1.29, 1.82) is 0 Å². The number of hydrogen-bond acceptors (Lipinski definition) is 5. The number of rotatable bonds is 8. The molecule has 0 bridgehead atoms. The van der Waals surface area contributed by atoms with Crippen LogP contribution in [0.5, 0.6) is 5.75 Å². The third kappa shape index (κ3) is 4.77. The fraction of sp³-hybridized carbons (Fsp3) is 0.385. The molecule has 6 N–H and O–H groups in total. The Morgan fingerprint density at radius 1 is 1.45 bits per heavy atom. The fourth-order valence-electron chi connectivity index (χ4n) is 1.73. The molecule has 0 saturated heterocycles. The van der Waals surface area contributed by atoms with Crippen LogP contribution in [0.4, 0.5) is 0 Å². The van der Waals surface area contributed by atoms with Gasteiger partial charge in [-0.3, -0.25) is 4.79 Å². The lowest BCUT2D eigenvalue weighted by Gasteiger charge is -2.10. The molecule has 0 radical (unpaired) electrons. The minimum absolute atomic E-state index is 0.00261. The average molecular weight is 280 g/mol. The molecule has 0 aliphatic carbocycles. The van der Waals surface area contributed by atoms with Gasteiger partial charge >= 0.3 is 0 Å². The van der Waals surface area contributed by atoms with Gasteiger partial charge in [-0.05, 0) is 30.7 Å². The first-order valence-corrected chi connectivity index (χ1v) is 6.22. The second kappa shape index (κ2) is 8.00. The summed E-state index contributed by atoms with van der Waals surface area (Å²) in [5, 5.41) is 14.8. The van der Waals surface area contributed by atoms with Gasteiger partial charge in [0.15, 0.2) is 5.84 Å². The first kappa shape index (κ1) is 15.8. The molecule has 1 amide bonds. The summed E-state index contributed by atoms with van der Waals surface area (Å²) in [5.41, 5.74) is 12.1. The monoisotopic (exact) mass is 280 g/mol. The number of carbonyl (C=O) groups excluding carboxylic acids is 1. The summed E-state index contributed by atoms with van der Waals surface area (Å²) in [7, 11) is 1.52. The normalized spacial score (nSPS) is 11.3. The van der Waals surface area contributed by atoms with Crippen LogP contribution >= 0.6 is 0 Å². The van der Waals surface area contributed by atoms with Crippen LogP contribution < -0.4 is 21.5 Å². The van der Waals surface area contributed by atoms with Crippen molar-refractivity contribution in [2.45, 2.75) is 19.4 Å². The molecule has 1 aromatic rings. The van der Waals surface area contributed by atoms with Crippen LogP contribution in [0.25, 0.3) is 0 Å². The second-order valence-electron chi connectivity index (χ2n) is 4.27. The molecule has 0 aromatic heterocycles. The van der Waals surface area contributed by atoms with Crippen molar-refractivity contribution in [3.05, 3.63) is 29.3 Å². The molecule has 110 valence electrons. The summed E-state index contributed by atoms with van der Waals surface area (Å²) in [5.74, 6) is 0.246. The summed E-state index contributed by atoms with van der Waals surface area (Å²) in [6.07, 6.45) is 1.08. The summed E-state index contributed by atoms with van der Waals surface area (Å²) in [6.45, 7) is 1.33. The zero-order valence-corrected chi connectivity index (χ0v) is 11.4. The van der Waals surface area contributed by atoms with Gasteiger partial charge in [0.1, 0.15) is 5.75 Å². The van der Waals surface area contributed by atoms with E-state index in [1.54, 1.807) is 6.07 Å². The molecule has 0 heterocycles. The minimum atomic E-state index is -0.295. The van der Waals surface area contributed by atoms with Gasteiger partial charge in [-0.1, -0.05) is 11.2 Å². The van der Waals surface area contributed by atoms with Crippen molar-refractivity contribution in [2.75, 3.05) is 13.7 Å². The van der Waals surface area contributed by atoms with E-state index in [0.717, 1.165) is 5.56 Å². The second-order valence-corrected chi connectivity index (χ2v) is 4.27. The van der Waals surface area contributed by atoms with E-state index >= 15 is 0 Å². The Labute approximate surface area is 117 Å². The topological polar surface area (TPSA) is 123 Å². The van der Waals surface area contributed by atoms with E-state index in [1.807, 2.05) is 12.1 Å². The number of methoxy groups -OCH3 is 1. The highest BCUT2D eigenvalue weighted by Gasteiger charge is 2.08. The molecule has 7 nitrogen and oxygen atoms in total. The largest absolute Gasteiger partial charge is 0.496 e. The molecule has 0 aliphatic rings. The van der Waals surface area contributed by atoms with Gasteiger partial charge in [-0.15, -0.1) is 0 Å². The first-order chi connectivity index (χ1) is 9.58. The van der Waals surface area contributed by atoms with Crippen LogP contribution in [0, 0.1) is 0 Å². The standard InChI is InChI=1S/C13H20N4O3/c1-20-11-7-9(4-5-10(11)13(15)17-19)8-16-6-2-3-12(14)18/h4-5,7,16,19H,2-3,6,8H2,1H3,(H2,14,18)(H2,15,17). The number of benzene rings is 1. The Morgan fingerprint density at radius 2 is 2.20 bits per heavy atom. The van der Waals surface area contributed by atoms with Gasteiger partial charge in [-0.2, -0.15) is 0 Å². The third-order valence-electron chi connectivity index (χ3n) is 2.76.